The molecule has 4 nitrogen and oxygen atoms in total. The van der Waals surface area contributed by atoms with Crippen molar-refractivity contribution in [2.45, 2.75) is 12.8 Å². The van der Waals surface area contributed by atoms with Crippen molar-refractivity contribution in [1.29, 1.82) is 0 Å². The summed E-state index contributed by atoms with van der Waals surface area (Å²) in [6, 6.07) is 5.80. The van der Waals surface area contributed by atoms with Gasteiger partial charge in [0.25, 0.3) is 5.56 Å². The minimum atomic E-state index is -0.0916. The molecule has 1 aliphatic heterocycles. The number of fused-ring (bicyclic) bond motifs is 1. The molecule has 1 saturated heterocycles. The van der Waals surface area contributed by atoms with Gasteiger partial charge in [-0.15, -0.1) is 0 Å². The molecule has 1 fully saturated rings. The van der Waals surface area contributed by atoms with E-state index in [-0.39, 0.29) is 10.8 Å². The normalized spacial score (nSPS) is 15.6. The van der Waals surface area contributed by atoms with Gasteiger partial charge >= 0.3 is 0 Å². The predicted octanol–water partition coefficient (Wildman–Crippen LogP) is 2.19. The largest absolute Gasteiger partial charge is 0.372 e. The summed E-state index contributed by atoms with van der Waals surface area (Å²) in [5, 5.41) is 0.854. The Morgan fingerprint density at radius 3 is 2.72 bits per heavy atom. The van der Waals surface area contributed by atoms with Gasteiger partial charge in [0, 0.05) is 25.8 Å². The Balaban J connectivity index is 2.19. The molecule has 1 aliphatic rings. The summed E-state index contributed by atoms with van der Waals surface area (Å²) in [7, 11) is 1.64. The van der Waals surface area contributed by atoms with Crippen LogP contribution in [-0.2, 0) is 7.05 Å². The zero-order valence-electron chi connectivity index (χ0n) is 10.2. The predicted molar refractivity (Wildman–Crippen MR) is 73.4 cm³/mol. The van der Waals surface area contributed by atoms with Crippen molar-refractivity contribution in [2.24, 2.45) is 7.05 Å². The van der Waals surface area contributed by atoms with E-state index in [1.54, 1.807) is 7.05 Å². The van der Waals surface area contributed by atoms with Crippen molar-refractivity contribution in [3.8, 4) is 0 Å². The molecule has 94 valence electrons. The van der Waals surface area contributed by atoms with Crippen LogP contribution in [-0.4, -0.2) is 22.6 Å². The van der Waals surface area contributed by atoms with Crippen LogP contribution >= 0.6 is 11.6 Å². The molecule has 0 amide bonds. The molecule has 0 saturated carbocycles. The molecular weight excluding hydrogens is 250 g/mol. The zero-order chi connectivity index (χ0) is 12.7. The van der Waals surface area contributed by atoms with Crippen molar-refractivity contribution in [3.05, 3.63) is 33.8 Å². The van der Waals surface area contributed by atoms with E-state index in [2.05, 4.69) is 9.88 Å². The van der Waals surface area contributed by atoms with Crippen LogP contribution in [0.3, 0.4) is 0 Å². The maximum Gasteiger partial charge on any atom is 0.262 e. The van der Waals surface area contributed by atoms with Crippen LogP contribution in [0.2, 0.25) is 5.28 Å². The smallest absolute Gasteiger partial charge is 0.262 e. The number of aromatic nitrogens is 2. The maximum atomic E-state index is 12.1. The van der Waals surface area contributed by atoms with Crippen molar-refractivity contribution < 1.29 is 0 Å². The first-order valence-corrected chi connectivity index (χ1v) is 6.46. The lowest BCUT2D eigenvalue weighted by Gasteiger charge is -2.17. The van der Waals surface area contributed by atoms with Crippen LogP contribution in [0.25, 0.3) is 10.9 Å². The highest BCUT2D eigenvalue weighted by molar-refractivity contribution is 6.28. The van der Waals surface area contributed by atoms with Gasteiger partial charge < -0.3 is 4.90 Å². The third-order valence-corrected chi connectivity index (χ3v) is 3.81. The zero-order valence-corrected chi connectivity index (χ0v) is 10.9. The summed E-state index contributed by atoms with van der Waals surface area (Å²) in [4.78, 5) is 18.6. The maximum absolute atomic E-state index is 12.1. The van der Waals surface area contributed by atoms with Gasteiger partial charge in [0.05, 0.1) is 10.9 Å². The number of rotatable bonds is 1. The number of hydrogen-bond donors (Lipinski definition) is 0. The van der Waals surface area contributed by atoms with Gasteiger partial charge in [-0.2, -0.15) is 0 Å². The second-order valence-corrected chi connectivity index (χ2v) is 4.98. The monoisotopic (exact) mass is 263 g/mol. The number of anilines is 1. The molecule has 0 radical (unpaired) electrons. The standard InChI is InChI=1S/C13H14ClN3O/c1-16-12(18)10-8-9(17-6-2-3-7-17)4-5-11(10)15-13(16)14/h4-5,8H,2-3,6-7H2,1H3. The fourth-order valence-electron chi connectivity index (χ4n) is 2.40. The van der Waals surface area contributed by atoms with E-state index in [9.17, 15) is 4.79 Å². The molecule has 0 aliphatic carbocycles. The molecule has 0 N–H and O–H groups in total. The number of benzene rings is 1. The molecule has 0 unspecified atom stereocenters. The van der Waals surface area contributed by atoms with Crippen LogP contribution in [0, 0.1) is 0 Å². The van der Waals surface area contributed by atoms with Gasteiger partial charge in [-0.3, -0.25) is 9.36 Å². The fraction of sp³-hybridized carbons (Fsp3) is 0.385. The van der Waals surface area contributed by atoms with Crippen molar-refractivity contribution in [1.82, 2.24) is 9.55 Å². The Bertz CT molecular complexity index is 659. The van der Waals surface area contributed by atoms with Crippen LogP contribution < -0.4 is 10.5 Å². The molecular formula is C13H14ClN3O. The SMILES string of the molecule is Cn1c(Cl)nc2ccc(N3CCCC3)cc2c1=O. The summed E-state index contributed by atoms with van der Waals surface area (Å²) < 4.78 is 1.37. The van der Waals surface area contributed by atoms with E-state index < -0.39 is 0 Å². The Hall–Kier alpha value is -1.55. The highest BCUT2D eigenvalue weighted by Crippen LogP contribution is 2.23. The number of halogens is 1. The van der Waals surface area contributed by atoms with E-state index >= 15 is 0 Å². The minimum Gasteiger partial charge on any atom is -0.372 e. The van der Waals surface area contributed by atoms with Gasteiger partial charge in [-0.1, -0.05) is 0 Å². The first kappa shape index (κ1) is 11.5. The molecule has 5 heteroatoms. The third-order valence-electron chi connectivity index (χ3n) is 3.48. The molecule has 1 aromatic carbocycles. The van der Waals surface area contributed by atoms with Crippen LogP contribution in [0.1, 0.15) is 12.8 Å². The molecule has 1 aromatic heterocycles. The second kappa shape index (κ2) is 4.28. The average molecular weight is 264 g/mol. The topological polar surface area (TPSA) is 38.1 Å². The van der Waals surface area contributed by atoms with Crippen molar-refractivity contribution in [2.75, 3.05) is 18.0 Å². The van der Waals surface area contributed by atoms with Crippen LogP contribution in [0.15, 0.2) is 23.0 Å². The Kier molecular flexibility index (Phi) is 2.74. The first-order chi connectivity index (χ1) is 8.66. The lowest BCUT2D eigenvalue weighted by atomic mass is 10.2. The van der Waals surface area contributed by atoms with E-state index in [1.165, 1.54) is 17.4 Å². The minimum absolute atomic E-state index is 0.0916. The van der Waals surface area contributed by atoms with Gasteiger partial charge in [0.15, 0.2) is 0 Å². The van der Waals surface area contributed by atoms with Gasteiger partial charge in [-0.25, -0.2) is 4.98 Å². The van der Waals surface area contributed by atoms with E-state index in [1.807, 2.05) is 18.2 Å². The Labute approximate surface area is 110 Å². The molecule has 18 heavy (non-hydrogen) atoms. The lowest BCUT2D eigenvalue weighted by molar-refractivity contribution is 0.844. The van der Waals surface area contributed by atoms with E-state index in [0.29, 0.717) is 10.9 Å². The summed E-state index contributed by atoms with van der Waals surface area (Å²) in [5.74, 6) is 0. The van der Waals surface area contributed by atoms with Gasteiger partial charge in [-0.05, 0) is 42.6 Å². The molecule has 3 rings (SSSR count). The highest BCUT2D eigenvalue weighted by Gasteiger charge is 2.14. The molecule has 2 aromatic rings. The fourth-order valence-corrected chi connectivity index (χ4v) is 2.57. The van der Waals surface area contributed by atoms with Crippen molar-refractivity contribution >= 4 is 28.2 Å². The van der Waals surface area contributed by atoms with E-state index in [0.717, 1.165) is 18.8 Å². The molecule has 2 heterocycles. The van der Waals surface area contributed by atoms with Crippen LogP contribution in [0.4, 0.5) is 5.69 Å². The van der Waals surface area contributed by atoms with Gasteiger partial charge in [0.2, 0.25) is 5.28 Å². The first-order valence-electron chi connectivity index (χ1n) is 6.08. The van der Waals surface area contributed by atoms with Gasteiger partial charge in [0.1, 0.15) is 0 Å². The summed E-state index contributed by atoms with van der Waals surface area (Å²) in [6.07, 6.45) is 2.43. The summed E-state index contributed by atoms with van der Waals surface area (Å²) in [5.41, 5.74) is 1.67. The molecule has 0 bridgehead atoms. The Morgan fingerprint density at radius 2 is 2.00 bits per heavy atom. The molecule has 0 atom stereocenters. The van der Waals surface area contributed by atoms with Crippen LogP contribution in [0.5, 0.6) is 0 Å². The highest BCUT2D eigenvalue weighted by atomic mass is 35.5. The summed E-state index contributed by atoms with van der Waals surface area (Å²) in [6.45, 7) is 2.12. The molecule has 0 spiro atoms. The quantitative estimate of drug-likeness (QED) is 0.741. The van der Waals surface area contributed by atoms with E-state index in [4.69, 9.17) is 11.6 Å². The van der Waals surface area contributed by atoms with Crippen molar-refractivity contribution in [3.63, 3.8) is 0 Å². The second-order valence-electron chi connectivity index (χ2n) is 4.64. The summed E-state index contributed by atoms with van der Waals surface area (Å²) >= 11 is 5.90. The number of hydrogen-bond acceptors (Lipinski definition) is 3. The Morgan fingerprint density at radius 1 is 1.28 bits per heavy atom. The average Bonchev–Trinajstić information content (AvgIpc) is 2.90. The lowest BCUT2D eigenvalue weighted by Crippen LogP contribution is -2.21. The number of nitrogens with zero attached hydrogens (tertiary/aromatic N) is 3. The third kappa shape index (κ3) is 1.77.